The molecule has 5 nitrogen and oxygen atoms in total. The van der Waals surface area contributed by atoms with Crippen molar-refractivity contribution in [2.45, 2.75) is 17.6 Å². The number of aromatic nitrogens is 1. The van der Waals surface area contributed by atoms with Crippen molar-refractivity contribution in [3.8, 4) is 17.0 Å². The van der Waals surface area contributed by atoms with Gasteiger partial charge in [0.2, 0.25) is 0 Å². The zero-order chi connectivity index (χ0) is 23.0. The van der Waals surface area contributed by atoms with Crippen molar-refractivity contribution < 1.29 is 35.1 Å². The lowest BCUT2D eigenvalue weighted by Crippen LogP contribution is -2.15. The van der Waals surface area contributed by atoms with Crippen LogP contribution in [0.2, 0.25) is 0 Å². The van der Waals surface area contributed by atoms with Gasteiger partial charge in [-0.2, -0.15) is 13.2 Å². The standard InChI is InChI=1S/C20H17F5N2O3S/c1-26-10-12-11-27(18(19(12)30-2)16-9-14(21)6-7-17(16)22)31(28,29)15-5-3-4-13(8-15)20(23,24)25/h3-9,11,26H,10H2,1-2H3. The monoisotopic (exact) mass is 460 g/mol. The normalized spacial score (nSPS) is 12.2. The summed E-state index contributed by atoms with van der Waals surface area (Å²) in [5.41, 5.74) is -1.65. The molecule has 3 aromatic rings. The third-order valence-corrected chi connectivity index (χ3v) is 6.13. The number of methoxy groups -OCH3 is 1. The number of benzene rings is 2. The molecule has 11 heteroatoms. The summed E-state index contributed by atoms with van der Waals surface area (Å²) in [6.45, 7) is 0.0955. The minimum Gasteiger partial charge on any atom is -0.494 e. The molecule has 1 N–H and O–H groups in total. The maximum atomic E-state index is 14.6. The highest BCUT2D eigenvalue weighted by molar-refractivity contribution is 7.90. The van der Waals surface area contributed by atoms with Gasteiger partial charge in [0.25, 0.3) is 10.0 Å². The van der Waals surface area contributed by atoms with E-state index in [1.54, 1.807) is 7.05 Å². The lowest BCUT2D eigenvalue weighted by molar-refractivity contribution is -0.137. The molecule has 1 aromatic heterocycles. The number of nitrogens with one attached hydrogen (secondary N) is 1. The van der Waals surface area contributed by atoms with Crippen molar-refractivity contribution in [3.63, 3.8) is 0 Å². The second-order valence-corrected chi connectivity index (χ2v) is 8.33. The van der Waals surface area contributed by atoms with Gasteiger partial charge in [0.1, 0.15) is 23.1 Å². The van der Waals surface area contributed by atoms with E-state index in [-0.39, 0.29) is 23.6 Å². The molecule has 31 heavy (non-hydrogen) atoms. The Kier molecular flexibility index (Phi) is 6.10. The number of ether oxygens (including phenoxy) is 1. The summed E-state index contributed by atoms with van der Waals surface area (Å²) in [5, 5.41) is 2.79. The van der Waals surface area contributed by atoms with Crippen molar-refractivity contribution in [2.24, 2.45) is 0 Å². The van der Waals surface area contributed by atoms with Crippen molar-refractivity contribution in [2.75, 3.05) is 14.2 Å². The van der Waals surface area contributed by atoms with E-state index >= 15 is 0 Å². The van der Waals surface area contributed by atoms with Gasteiger partial charge in [-0.3, -0.25) is 0 Å². The summed E-state index contributed by atoms with van der Waals surface area (Å²) in [6, 6.07) is 5.60. The predicted molar refractivity (Wildman–Crippen MR) is 103 cm³/mol. The first kappa shape index (κ1) is 22.8. The highest BCUT2D eigenvalue weighted by Crippen LogP contribution is 2.39. The van der Waals surface area contributed by atoms with Crippen LogP contribution < -0.4 is 10.1 Å². The minimum atomic E-state index is -4.77. The van der Waals surface area contributed by atoms with Crippen molar-refractivity contribution >= 4 is 10.0 Å². The van der Waals surface area contributed by atoms with Crippen LogP contribution in [0.4, 0.5) is 22.0 Å². The summed E-state index contributed by atoms with van der Waals surface area (Å²) in [4.78, 5) is -0.672. The average Bonchev–Trinajstić information content (AvgIpc) is 3.08. The van der Waals surface area contributed by atoms with Crippen LogP contribution in [0.15, 0.2) is 53.6 Å². The summed E-state index contributed by atoms with van der Waals surface area (Å²) < 4.78 is 100. The van der Waals surface area contributed by atoms with Crippen molar-refractivity contribution in [3.05, 3.63) is 71.4 Å². The second kappa shape index (κ2) is 8.31. The smallest absolute Gasteiger partial charge is 0.416 e. The molecular formula is C20H17F5N2O3S. The molecule has 0 bridgehead atoms. The molecule has 0 amide bonds. The first-order valence-corrected chi connectivity index (χ1v) is 10.3. The third-order valence-electron chi connectivity index (χ3n) is 4.47. The largest absolute Gasteiger partial charge is 0.494 e. The lowest BCUT2D eigenvalue weighted by atomic mass is 10.1. The maximum Gasteiger partial charge on any atom is 0.416 e. The number of nitrogens with zero attached hydrogens (tertiary/aromatic N) is 1. The van der Waals surface area contributed by atoms with E-state index in [2.05, 4.69) is 5.32 Å². The molecule has 166 valence electrons. The van der Waals surface area contributed by atoms with E-state index in [4.69, 9.17) is 4.74 Å². The molecule has 0 aliphatic rings. The zero-order valence-corrected chi connectivity index (χ0v) is 17.1. The number of hydrogen-bond donors (Lipinski definition) is 1. The van der Waals surface area contributed by atoms with E-state index in [0.29, 0.717) is 10.0 Å². The second-order valence-electron chi connectivity index (χ2n) is 6.52. The molecule has 0 fully saturated rings. The fourth-order valence-electron chi connectivity index (χ4n) is 3.12. The quantitative estimate of drug-likeness (QED) is 0.554. The summed E-state index contributed by atoms with van der Waals surface area (Å²) in [7, 11) is -1.85. The molecule has 0 aliphatic heterocycles. The van der Waals surface area contributed by atoms with Gasteiger partial charge >= 0.3 is 6.18 Å². The summed E-state index contributed by atoms with van der Waals surface area (Å²) >= 11 is 0. The Morgan fingerprint density at radius 2 is 1.81 bits per heavy atom. The Balaban J connectivity index is 2.34. The number of rotatable bonds is 6. The van der Waals surface area contributed by atoms with Crippen LogP contribution in [0.3, 0.4) is 0 Å². The Morgan fingerprint density at radius 3 is 2.42 bits per heavy atom. The lowest BCUT2D eigenvalue weighted by Gasteiger charge is -2.14. The van der Waals surface area contributed by atoms with Crippen molar-refractivity contribution in [1.82, 2.24) is 9.29 Å². The molecular weight excluding hydrogens is 443 g/mol. The Hall–Kier alpha value is -2.92. The molecule has 1 heterocycles. The summed E-state index contributed by atoms with van der Waals surface area (Å²) in [6.07, 6.45) is -3.67. The van der Waals surface area contributed by atoms with Crippen LogP contribution in [-0.2, 0) is 22.7 Å². The Morgan fingerprint density at radius 1 is 1.10 bits per heavy atom. The Labute approximate surface area is 175 Å². The average molecular weight is 460 g/mol. The van der Waals surface area contributed by atoms with Gasteiger partial charge in [0.05, 0.1) is 17.6 Å². The molecule has 3 rings (SSSR count). The number of hydrogen-bond acceptors (Lipinski definition) is 4. The van der Waals surface area contributed by atoms with Gasteiger partial charge in [0, 0.05) is 23.9 Å². The van der Waals surface area contributed by atoms with Gasteiger partial charge in [-0.05, 0) is 43.4 Å². The van der Waals surface area contributed by atoms with Gasteiger partial charge in [-0.15, -0.1) is 0 Å². The van der Waals surface area contributed by atoms with Crippen LogP contribution in [0.1, 0.15) is 11.1 Å². The molecule has 0 atom stereocenters. The van der Waals surface area contributed by atoms with E-state index < -0.39 is 43.9 Å². The third kappa shape index (κ3) is 4.28. The van der Waals surface area contributed by atoms with E-state index in [1.165, 1.54) is 7.11 Å². The fraction of sp³-hybridized carbons (Fsp3) is 0.200. The van der Waals surface area contributed by atoms with E-state index in [1.807, 2.05) is 0 Å². The molecule has 0 saturated carbocycles. The molecule has 2 aromatic carbocycles. The van der Waals surface area contributed by atoms with Gasteiger partial charge in [-0.25, -0.2) is 21.2 Å². The zero-order valence-electron chi connectivity index (χ0n) is 16.3. The van der Waals surface area contributed by atoms with Gasteiger partial charge < -0.3 is 10.1 Å². The van der Waals surface area contributed by atoms with Crippen LogP contribution in [0, 0.1) is 11.6 Å². The van der Waals surface area contributed by atoms with Crippen LogP contribution in [-0.4, -0.2) is 26.5 Å². The SMILES string of the molecule is CNCc1cn(S(=O)(=O)c2cccc(C(F)(F)F)c2)c(-c2cc(F)ccc2F)c1OC. The van der Waals surface area contributed by atoms with Crippen LogP contribution in [0.25, 0.3) is 11.3 Å². The van der Waals surface area contributed by atoms with E-state index in [9.17, 15) is 30.4 Å². The van der Waals surface area contributed by atoms with E-state index in [0.717, 1.165) is 42.6 Å². The topological polar surface area (TPSA) is 60.3 Å². The maximum absolute atomic E-state index is 14.6. The molecule has 0 radical (unpaired) electrons. The first-order chi connectivity index (χ1) is 14.5. The highest BCUT2D eigenvalue weighted by Gasteiger charge is 2.33. The molecule has 0 aliphatic carbocycles. The van der Waals surface area contributed by atoms with Crippen LogP contribution >= 0.6 is 0 Å². The number of alkyl halides is 3. The highest BCUT2D eigenvalue weighted by atomic mass is 32.2. The predicted octanol–water partition coefficient (Wildman–Crippen LogP) is 4.42. The fourth-order valence-corrected chi connectivity index (χ4v) is 4.56. The molecule has 0 saturated heterocycles. The number of halogens is 5. The molecule has 0 spiro atoms. The summed E-state index contributed by atoms with van der Waals surface area (Å²) in [5.74, 6) is -1.83. The van der Waals surface area contributed by atoms with Crippen molar-refractivity contribution in [1.29, 1.82) is 0 Å². The van der Waals surface area contributed by atoms with Gasteiger partial charge in [0.15, 0.2) is 0 Å². The van der Waals surface area contributed by atoms with Gasteiger partial charge in [-0.1, -0.05) is 6.07 Å². The first-order valence-electron chi connectivity index (χ1n) is 8.81. The molecule has 0 unspecified atom stereocenters. The minimum absolute atomic E-state index is 0.0607. The van der Waals surface area contributed by atoms with Crippen LogP contribution in [0.5, 0.6) is 5.75 Å². The Bertz CT molecular complexity index is 1220.